The zero-order valence-electron chi connectivity index (χ0n) is 19.8. The standard InChI is InChI=1S/C26H28F2N4O3/c1-34-21-12-18(13-22(15-21)35-2)17-31-8-3-9-32(11-10-31)25-7-5-20(16-29-25)30-26(33)23-6-4-19(27)14-24(23)28/h4-7,12-16H,3,8-11,17H2,1-2H3,(H,30,33). The molecule has 35 heavy (non-hydrogen) atoms. The van der Waals surface area contributed by atoms with E-state index in [4.69, 9.17) is 9.47 Å². The maximum Gasteiger partial charge on any atom is 0.258 e. The monoisotopic (exact) mass is 482 g/mol. The summed E-state index contributed by atoms with van der Waals surface area (Å²) >= 11 is 0. The van der Waals surface area contributed by atoms with Gasteiger partial charge in [-0.25, -0.2) is 13.8 Å². The second-order valence-corrected chi connectivity index (χ2v) is 8.32. The van der Waals surface area contributed by atoms with E-state index in [1.807, 2.05) is 24.3 Å². The summed E-state index contributed by atoms with van der Waals surface area (Å²) in [4.78, 5) is 21.4. The van der Waals surface area contributed by atoms with Crippen LogP contribution in [-0.2, 0) is 6.54 Å². The Kier molecular flexibility index (Phi) is 7.77. The second-order valence-electron chi connectivity index (χ2n) is 8.32. The molecule has 0 saturated carbocycles. The highest BCUT2D eigenvalue weighted by molar-refractivity contribution is 6.04. The predicted molar refractivity (Wildman–Crippen MR) is 130 cm³/mol. The van der Waals surface area contributed by atoms with Crippen LogP contribution in [-0.4, -0.2) is 56.2 Å². The number of methoxy groups -OCH3 is 2. The van der Waals surface area contributed by atoms with E-state index in [0.717, 1.165) is 74.2 Å². The molecule has 0 spiro atoms. The fourth-order valence-electron chi connectivity index (χ4n) is 4.09. The van der Waals surface area contributed by atoms with E-state index >= 15 is 0 Å². The SMILES string of the molecule is COc1cc(CN2CCCN(c3ccc(NC(=O)c4ccc(F)cc4F)cn3)CC2)cc(OC)c1. The lowest BCUT2D eigenvalue weighted by atomic mass is 10.2. The Bertz CT molecular complexity index is 1150. The summed E-state index contributed by atoms with van der Waals surface area (Å²) in [6.45, 7) is 4.27. The molecule has 4 rings (SSSR count). The quantitative estimate of drug-likeness (QED) is 0.541. The van der Waals surface area contributed by atoms with E-state index in [0.29, 0.717) is 11.8 Å². The molecule has 1 saturated heterocycles. The van der Waals surface area contributed by atoms with Crippen molar-refractivity contribution in [3.8, 4) is 11.5 Å². The third-order valence-electron chi connectivity index (χ3n) is 5.91. The Hall–Kier alpha value is -3.72. The maximum atomic E-state index is 13.9. The summed E-state index contributed by atoms with van der Waals surface area (Å²) in [7, 11) is 3.29. The van der Waals surface area contributed by atoms with E-state index in [2.05, 4.69) is 20.1 Å². The van der Waals surface area contributed by atoms with Crippen molar-refractivity contribution in [3.05, 3.63) is 77.5 Å². The average Bonchev–Trinajstić information content (AvgIpc) is 3.09. The fourth-order valence-corrected chi connectivity index (χ4v) is 4.09. The zero-order chi connectivity index (χ0) is 24.8. The molecule has 0 atom stereocenters. The number of halogens is 2. The molecule has 1 aromatic heterocycles. The van der Waals surface area contributed by atoms with Crippen LogP contribution >= 0.6 is 0 Å². The fraction of sp³-hybridized carbons (Fsp3) is 0.308. The molecule has 0 radical (unpaired) electrons. The van der Waals surface area contributed by atoms with Crippen LogP contribution in [0.5, 0.6) is 11.5 Å². The zero-order valence-corrected chi connectivity index (χ0v) is 19.8. The van der Waals surface area contributed by atoms with Gasteiger partial charge in [0, 0.05) is 44.9 Å². The molecule has 0 aliphatic carbocycles. The van der Waals surface area contributed by atoms with Crippen molar-refractivity contribution in [1.82, 2.24) is 9.88 Å². The minimum absolute atomic E-state index is 0.225. The minimum Gasteiger partial charge on any atom is -0.497 e. The highest BCUT2D eigenvalue weighted by Gasteiger charge is 2.18. The number of carbonyl (C=O) groups is 1. The number of hydrogen-bond acceptors (Lipinski definition) is 6. The Morgan fingerprint density at radius 3 is 2.40 bits per heavy atom. The first-order valence-electron chi connectivity index (χ1n) is 11.4. The molecular formula is C26H28F2N4O3. The van der Waals surface area contributed by atoms with Crippen LogP contribution in [0.1, 0.15) is 22.3 Å². The Labute approximate surface area is 203 Å². The number of hydrogen-bond donors (Lipinski definition) is 1. The number of pyridine rings is 1. The van der Waals surface area contributed by atoms with Crippen LogP contribution in [0.2, 0.25) is 0 Å². The largest absolute Gasteiger partial charge is 0.497 e. The van der Waals surface area contributed by atoms with Crippen molar-refractivity contribution in [2.45, 2.75) is 13.0 Å². The summed E-state index contributed by atoms with van der Waals surface area (Å²) in [5, 5.41) is 2.60. The lowest BCUT2D eigenvalue weighted by Gasteiger charge is -2.23. The Morgan fingerprint density at radius 2 is 1.74 bits per heavy atom. The van der Waals surface area contributed by atoms with Gasteiger partial charge in [-0.2, -0.15) is 0 Å². The third-order valence-corrected chi connectivity index (χ3v) is 5.91. The summed E-state index contributed by atoms with van der Waals surface area (Å²) < 4.78 is 37.7. The van der Waals surface area contributed by atoms with E-state index in [-0.39, 0.29) is 5.56 Å². The molecule has 3 aromatic rings. The lowest BCUT2D eigenvalue weighted by molar-refractivity contribution is 0.102. The molecule has 184 valence electrons. The van der Waals surface area contributed by atoms with Crippen molar-refractivity contribution < 1.29 is 23.0 Å². The maximum absolute atomic E-state index is 13.9. The highest BCUT2D eigenvalue weighted by Crippen LogP contribution is 2.24. The number of nitrogens with zero attached hydrogens (tertiary/aromatic N) is 3. The number of rotatable bonds is 7. The number of aromatic nitrogens is 1. The Balaban J connectivity index is 1.35. The van der Waals surface area contributed by atoms with E-state index in [1.165, 1.54) is 0 Å². The molecule has 0 unspecified atom stereocenters. The number of anilines is 2. The smallest absolute Gasteiger partial charge is 0.258 e. The minimum atomic E-state index is -0.909. The summed E-state index contributed by atoms with van der Waals surface area (Å²) in [6.07, 6.45) is 2.52. The van der Waals surface area contributed by atoms with Crippen LogP contribution in [0.25, 0.3) is 0 Å². The van der Waals surface area contributed by atoms with Gasteiger partial charge in [0.15, 0.2) is 0 Å². The van der Waals surface area contributed by atoms with Gasteiger partial charge in [-0.1, -0.05) is 0 Å². The highest BCUT2D eigenvalue weighted by atomic mass is 19.1. The molecule has 9 heteroatoms. The van der Waals surface area contributed by atoms with Gasteiger partial charge in [0.1, 0.15) is 29.0 Å². The van der Waals surface area contributed by atoms with Gasteiger partial charge >= 0.3 is 0 Å². The number of carbonyl (C=O) groups excluding carboxylic acids is 1. The Morgan fingerprint density at radius 1 is 0.971 bits per heavy atom. The average molecular weight is 483 g/mol. The van der Waals surface area contributed by atoms with E-state index in [1.54, 1.807) is 26.5 Å². The summed E-state index contributed by atoms with van der Waals surface area (Å²) in [6, 6.07) is 12.3. The van der Waals surface area contributed by atoms with Gasteiger partial charge in [0.2, 0.25) is 0 Å². The van der Waals surface area contributed by atoms with Crippen LogP contribution in [0.3, 0.4) is 0 Å². The first kappa shape index (κ1) is 24.4. The molecule has 1 amide bonds. The third kappa shape index (κ3) is 6.24. The number of nitrogens with one attached hydrogen (secondary N) is 1. The first-order valence-corrected chi connectivity index (χ1v) is 11.4. The van der Waals surface area contributed by atoms with Crippen LogP contribution < -0.4 is 19.7 Å². The number of ether oxygens (including phenoxy) is 2. The predicted octanol–water partition coefficient (Wildman–Crippen LogP) is 4.34. The molecule has 1 aliphatic rings. The van der Waals surface area contributed by atoms with Gasteiger partial charge in [0.05, 0.1) is 31.7 Å². The first-order chi connectivity index (χ1) is 16.9. The van der Waals surface area contributed by atoms with Gasteiger partial charge in [-0.3, -0.25) is 9.69 Å². The van der Waals surface area contributed by atoms with Crippen molar-refractivity contribution >= 4 is 17.4 Å². The molecule has 1 N–H and O–H groups in total. The van der Waals surface area contributed by atoms with Crippen molar-refractivity contribution in [2.24, 2.45) is 0 Å². The van der Waals surface area contributed by atoms with Crippen molar-refractivity contribution in [2.75, 3.05) is 50.6 Å². The topological polar surface area (TPSA) is 66.9 Å². The number of benzene rings is 2. The van der Waals surface area contributed by atoms with Gasteiger partial charge in [0.25, 0.3) is 5.91 Å². The second kappa shape index (κ2) is 11.1. The molecule has 2 aromatic carbocycles. The molecular weight excluding hydrogens is 454 g/mol. The summed E-state index contributed by atoms with van der Waals surface area (Å²) in [5.74, 6) is 0.0547. The van der Waals surface area contributed by atoms with Crippen molar-refractivity contribution in [3.63, 3.8) is 0 Å². The molecule has 1 aliphatic heterocycles. The molecule has 1 fully saturated rings. The molecule has 2 heterocycles. The summed E-state index contributed by atoms with van der Waals surface area (Å²) in [5.41, 5.74) is 1.34. The van der Waals surface area contributed by atoms with Gasteiger partial charge in [-0.15, -0.1) is 0 Å². The van der Waals surface area contributed by atoms with E-state index in [9.17, 15) is 13.6 Å². The molecule has 7 nitrogen and oxygen atoms in total. The normalized spacial score (nSPS) is 14.3. The van der Waals surface area contributed by atoms with E-state index < -0.39 is 17.5 Å². The van der Waals surface area contributed by atoms with Crippen molar-refractivity contribution in [1.29, 1.82) is 0 Å². The van der Waals surface area contributed by atoms with Gasteiger partial charge < -0.3 is 19.7 Å². The molecule has 0 bridgehead atoms. The van der Waals surface area contributed by atoms with Crippen LogP contribution in [0.4, 0.5) is 20.3 Å². The van der Waals surface area contributed by atoms with Gasteiger partial charge in [-0.05, 0) is 48.4 Å². The van der Waals surface area contributed by atoms with Crippen LogP contribution in [0, 0.1) is 11.6 Å². The lowest BCUT2D eigenvalue weighted by Crippen LogP contribution is -2.31. The number of amides is 1. The van der Waals surface area contributed by atoms with Crippen LogP contribution in [0.15, 0.2) is 54.7 Å².